The molecule has 0 unspecified atom stereocenters. The molecule has 0 atom stereocenters. The van der Waals surface area contributed by atoms with E-state index in [1.165, 1.54) is 11.1 Å². The Labute approximate surface area is 211 Å². The van der Waals surface area contributed by atoms with Crippen molar-refractivity contribution in [3.63, 3.8) is 0 Å². The highest BCUT2D eigenvalue weighted by Crippen LogP contribution is 2.33. The Balaban J connectivity index is 0.000000199. The molecule has 0 saturated heterocycles. The zero-order valence-corrected chi connectivity index (χ0v) is 21.2. The summed E-state index contributed by atoms with van der Waals surface area (Å²) < 4.78 is 21.1. The van der Waals surface area contributed by atoms with Gasteiger partial charge in [0.05, 0.1) is 12.8 Å². The van der Waals surface area contributed by atoms with E-state index in [1.54, 1.807) is 0 Å². The quantitative estimate of drug-likeness (QED) is 0.400. The molecule has 0 amide bonds. The lowest BCUT2D eigenvalue weighted by Crippen LogP contribution is -2.21. The molecule has 0 bridgehead atoms. The normalized spacial score (nSPS) is 12.5. The molecule has 0 aromatic heterocycles. The predicted molar refractivity (Wildman–Crippen MR) is 134 cm³/mol. The lowest BCUT2D eigenvalue weighted by atomic mass is 10.2. The Morgan fingerprint density at radius 1 is 0.694 bits per heavy atom. The topological polar surface area (TPSA) is 136 Å². The number of hydrogen-bond donors (Lipinski definition) is 4. The largest absolute Gasteiger partial charge is 0.481 e. The van der Waals surface area contributed by atoms with Crippen molar-refractivity contribution in [3.8, 4) is 23.0 Å². The molecule has 36 heavy (non-hydrogen) atoms. The van der Waals surface area contributed by atoms with Gasteiger partial charge in [0.25, 0.3) is 0 Å². The van der Waals surface area contributed by atoms with Crippen molar-refractivity contribution in [1.29, 1.82) is 0 Å². The van der Waals surface area contributed by atoms with Gasteiger partial charge in [-0.3, -0.25) is 9.59 Å². The number of carboxylic acid groups (broad SMARTS) is 2. The molecular formula is C26H36N2O8. The minimum absolute atomic E-state index is 0.296. The first-order valence-electron chi connectivity index (χ1n) is 11.8. The first-order chi connectivity index (χ1) is 17.1. The number of hydrogen-bond acceptors (Lipinski definition) is 8. The monoisotopic (exact) mass is 504 g/mol. The van der Waals surface area contributed by atoms with Crippen LogP contribution in [0.2, 0.25) is 0 Å². The Morgan fingerprint density at radius 2 is 1.06 bits per heavy atom. The van der Waals surface area contributed by atoms with Gasteiger partial charge in [0.1, 0.15) is 0 Å². The van der Waals surface area contributed by atoms with Crippen molar-refractivity contribution in [2.75, 3.05) is 13.6 Å². The lowest BCUT2D eigenvalue weighted by Gasteiger charge is -2.08. The van der Waals surface area contributed by atoms with Crippen molar-refractivity contribution in [2.24, 2.45) is 0 Å². The molecule has 2 aromatic rings. The van der Waals surface area contributed by atoms with Crippen LogP contribution in [0.3, 0.4) is 0 Å². The molecule has 0 radical (unpaired) electrons. The van der Waals surface area contributed by atoms with Crippen LogP contribution in [0.5, 0.6) is 23.0 Å². The highest BCUT2D eigenvalue weighted by molar-refractivity contribution is 5.75. The van der Waals surface area contributed by atoms with Crippen molar-refractivity contribution in [2.45, 2.75) is 65.7 Å². The SMILES string of the molecule is CC(C)NCc1ccc2c(c1)OCO2.CC(C)NCc1ccc2c(c1)OCO2.O=C(O)CCC(=O)O. The number of carbonyl (C=O) groups is 2. The third-order valence-electron chi connectivity index (χ3n) is 4.86. The molecule has 4 N–H and O–H groups in total. The van der Waals surface area contributed by atoms with Gasteiger partial charge in [-0.25, -0.2) is 0 Å². The molecule has 2 aromatic carbocycles. The number of carboxylic acids is 2. The van der Waals surface area contributed by atoms with Gasteiger partial charge in [0.15, 0.2) is 23.0 Å². The molecule has 0 saturated carbocycles. The van der Waals surface area contributed by atoms with E-state index < -0.39 is 11.9 Å². The van der Waals surface area contributed by atoms with Crippen LogP contribution in [-0.4, -0.2) is 47.8 Å². The van der Waals surface area contributed by atoms with Gasteiger partial charge in [0.2, 0.25) is 13.6 Å². The number of nitrogens with one attached hydrogen (secondary N) is 2. The number of ether oxygens (including phenoxy) is 4. The third-order valence-corrected chi connectivity index (χ3v) is 4.86. The smallest absolute Gasteiger partial charge is 0.303 e. The standard InChI is InChI=1S/2C11H15NO2.C4H6O4/c2*1-8(2)12-6-9-3-4-10-11(5-9)14-7-13-10;5-3(6)1-2-4(7)8/h2*3-5,8,12H,6-7H2,1-2H3;1-2H2,(H,5,6)(H,7,8). The molecular weight excluding hydrogens is 468 g/mol. The second-order valence-corrected chi connectivity index (χ2v) is 8.73. The van der Waals surface area contributed by atoms with E-state index in [0.29, 0.717) is 25.7 Å². The van der Waals surface area contributed by atoms with Crippen LogP contribution < -0.4 is 29.6 Å². The summed E-state index contributed by atoms with van der Waals surface area (Å²) in [6.45, 7) is 11.0. The third kappa shape index (κ3) is 10.8. The Hall–Kier alpha value is -3.50. The van der Waals surface area contributed by atoms with Crippen LogP contribution in [0, 0.1) is 0 Å². The summed E-state index contributed by atoms with van der Waals surface area (Å²) in [4.78, 5) is 19.3. The number of rotatable bonds is 9. The average molecular weight is 505 g/mol. The molecule has 0 spiro atoms. The van der Waals surface area contributed by atoms with Gasteiger partial charge < -0.3 is 39.8 Å². The zero-order valence-electron chi connectivity index (χ0n) is 21.2. The van der Waals surface area contributed by atoms with Gasteiger partial charge in [-0.15, -0.1) is 0 Å². The maximum Gasteiger partial charge on any atom is 0.303 e. The van der Waals surface area contributed by atoms with Crippen molar-refractivity contribution >= 4 is 11.9 Å². The van der Waals surface area contributed by atoms with Gasteiger partial charge in [-0.2, -0.15) is 0 Å². The van der Waals surface area contributed by atoms with E-state index in [2.05, 4.69) is 50.5 Å². The summed E-state index contributed by atoms with van der Waals surface area (Å²) in [5.41, 5.74) is 2.45. The molecule has 2 heterocycles. The summed E-state index contributed by atoms with van der Waals surface area (Å²) >= 11 is 0. The Bertz CT molecular complexity index is 914. The zero-order chi connectivity index (χ0) is 26.5. The van der Waals surface area contributed by atoms with Crippen LogP contribution in [0.1, 0.15) is 51.7 Å². The fourth-order valence-electron chi connectivity index (χ4n) is 2.96. The van der Waals surface area contributed by atoms with E-state index in [0.717, 1.165) is 36.1 Å². The van der Waals surface area contributed by atoms with Crippen LogP contribution in [0.15, 0.2) is 36.4 Å². The molecule has 10 nitrogen and oxygen atoms in total. The average Bonchev–Trinajstić information content (AvgIpc) is 3.49. The van der Waals surface area contributed by atoms with Gasteiger partial charge in [-0.05, 0) is 35.4 Å². The Morgan fingerprint density at radius 3 is 1.39 bits per heavy atom. The van der Waals surface area contributed by atoms with E-state index >= 15 is 0 Å². The molecule has 2 aliphatic rings. The highest BCUT2D eigenvalue weighted by Gasteiger charge is 2.13. The van der Waals surface area contributed by atoms with Crippen molar-refractivity contribution in [1.82, 2.24) is 10.6 Å². The second-order valence-electron chi connectivity index (χ2n) is 8.73. The van der Waals surface area contributed by atoms with E-state index in [9.17, 15) is 9.59 Å². The van der Waals surface area contributed by atoms with Gasteiger partial charge in [0, 0.05) is 25.2 Å². The van der Waals surface area contributed by atoms with Gasteiger partial charge >= 0.3 is 11.9 Å². The van der Waals surface area contributed by atoms with E-state index in [1.807, 2.05) is 24.3 Å². The minimum Gasteiger partial charge on any atom is -0.481 e. The minimum atomic E-state index is -1.08. The van der Waals surface area contributed by atoms with Crippen LogP contribution in [0.25, 0.3) is 0 Å². The van der Waals surface area contributed by atoms with E-state index in [4.69, 9.17) is 29.2 Å². The summed E-state index contributed by atoms with van der Waals surface area (Å²) in [7, 11) is 0. The summed E-state index contributed by atoms with van der Waals surface area (Å²) in [6, 6.07) is 13.1. The summed E-state index contributed by atoms with van der Waals surface area (Å²) in [5, 5.41) is 22.5. The summed E-state index contributed by atoms with van der Waals surface area (Å²) in [6.07, 6.45) is -0.593. The highest BCUT2D eigenvalue weighted by atomic mass is 16.7. The fourth-order valence-corrected chi connectivity index (χ4v) is 2.96. The number of benzene rings is 2. The van der Waals surface area contributed by atoms with Crippen LogP contribution in [-0.2, 0) is 22.7 Å². The predicted octanol–water partition coefficient (Wildman–Crippen LogP) is 3.76. The fraction of sp³-hybridized carbons (Fsp3) is 0.462. The molecule has 10 heteroatoms. The molecule has 2 aliphatic heterocycles. The Kier molecular flexibility index (Phi) is 11.8. The first kappa shape index (κ1) is 28.7. The van der Waals surface area contributed by atoms with E-state index in [-0.39, 0.29) is 12.8 Å². The van der Waals surface area contributed by atoms with Crippen LogP contribution in [0.4, 0.5) is 0 Å². The van der Waals surface area contributed by atoms with Crippen molar-refractivity contribution < 1.29 is 38.7 Å². The molecule has 198 valence electrons. The molecule has 0 fully saturated rings. The first-order valence-corrected chi connectivity index (χ1v) is 11.8. The number of aliphatic carboxylic acids is 2. The lowest BCUT2D eigenvalue weighted by molar-refractivity contribution is -0.143. The summed E-state index contributed by atoms with van der Waals surface area (Å²) in [5.74, 6) is 1.25. The maximum atomic E-state index is 9.64. The van der Waals surface area contributed by atoms with Crippen LogP contribution >= 0.6 is 0 Å². The molecule has 4 rings (SSSR count). The maximum absolute atomic E-state index is 9.64. The number of fused-ring (bicyclic) bond motifs is 2. The second kappa shape index (κ2) is 14.8. The van der Waals surface area contributed by atoms with Crippen molar-refractivity contribution in [3.05, 3.63) is 47.5 Å². The van der Waals surface area contributed by atoms with Gasteiger partial charge in [-0.1, -0.05) is 39.8 Å². The molecule has 0 aliphatic carbocycles.